The van der Waals surface area contributed by atoms with Crippen molar-refractivity contribution in [2.45, 2.75) is 43.9 Å². The van der Waals surface area contributed by atoms with Gasteiger partial charge in [-0.25, -0.2) is 13.5 Å². The van der Waals surface area contributed by atoms with Crippen molar-refractivity contribution in [2.75, 3.05) is 10.6 Å². The molecule has 4 rings (SSSR count). The molecule has 0 saturated heterocycles. The number of alkyl halides is 3. The van der Waals surface area contributed by atoms with Gasteiger partial charge in [-0.2, -0.15) is 18.3 Å². The van der Waals surface area contributed by atoms with E-state index < -0.39 is 35.7 Å². The van der Waals surface area contributed by atoms with Crippen molar-refractivity contribution >= 4 is 17.4 Å². The van der Waals surface area contributed by atoms with Crippen molar-refractivity contribution in [1.82, 2.24) is 9.78 Å². The van der Waals surface area contributed by atoms with E-state index in [9.17, 15) is 26.7 Å². The molecular formula is C18H17F5N4O. The SMILES string of the molecule is O=C(Nc1ccc(F)cc1F)c1cc2n(n1)[C@@H](C(F)(F)F)[C@@H]1CCCC[C@@H]1N2. The van der Waals surface area contributed by atoms with Crippen LogP contribution >= 0.6 is 0 Å². The first-order valence-electron chi connectivity index (χ1n) is 8.93. The van der Waals surface area contributed by atoms with Crippen molar-refractivity contribution in [3.8, 4) is 0 Å². The maximum atomic E-state index is 13.8. The van der Waals surface area contributed by atoms with Gasteiger partial charge in [0.25, 0.3) is 5.91 Å². The van der Waals surface area contributed by atoms with Gasteiger partial charge in [0.2, 0.25) is 0 Å². The first-order valence-corrected chi connectivity index (χ1v) is 8.93. The van der Waals surface area contributed by atoms with E-state index in [0.717, 1.165) is 23.2 Å². The fraction of sp³-hybridized carbons (Fsp3) is 0.444. The number of nitrogens with one attached hydrogen (secondary N) is 2. The van der Waals surface area contributed by atoms with Crippen LogP contribution in [0.25, 0.3) is 0 Å². The predicted octanol–water partition coefficient (Wildman–Crippen LogP) is 4.50. The maximum Gasteiger partial charge on any atom is 0.411 e. The van der Waals surface area contributed by atoms with Gasteiger partial charge in [-0.15, -0.1) is 0 Å². The van der Waals surface area contributed by atoms with E-state index >= 15 is 0 Å². The molecule has 2 N–H and O–H groups in total. The van der Waals surface area contributed by atoms with E-state index in [0.29, 0.717) is 25.3 Å². The number of benzene rings is 1. The Hall–Kier alpha value is -2.65. The Balaban J connectivity index is 1.65. The molecule has 0 spiro atoms. The van der Waals surface area contributed by atoms with Crippen LogP contribution in [0.3, 0.4) is 0 Å². The van der Waals surface area contributed by atoms with Crippen molar-refractivity contribution in [3.05, 3.63) is 41.6 Å². The highest BCUT2D eigenvalue weighted by molar-refractivity contribution is 6.03. The van der Waals surface area contributed by atoms with Crippen LogP contribution in [0.5, 0.6) is 0 Å². The Morgan fingerprint density at radius 2 is 1.93 bits per heavy atom. The summed E-state index contributed by atoms with van der Waals surface area (Å²) in [6.45, 7) is 0. The van der Waals surface area contributed by atoms with Crippen molar-refractivity contribution in [2.24, 2.45) is 5.92 Å². The van der Waals surface area contributed by atoms with E-state index in [1.165, 1.54) is 6.07 Å². The van der Waals surface area contributed by atoms with Gasteiger partial charge in [0.05, 0.1) is 5.69 Å². The third kappa shape index (κ3) is 3.31. The van der Waals surface area contributed by atoms with Crippen LogP contribution < -0.4 is 10.6 Å². The molecule has 28 heavy (non-hydrogen) atoms. The number of hydrogen-bond acceptors (Lipinski definition) is 3. The van der Waals surface area contributed by atoms with Gasteiger partial charge in [-0.3, -0.25) is 4.79 Å². The number of fused-ring (bicyclic) bond motifs is 2. The van der Waals surface area contributed by atoms with Gasteiger partial charge in [-0.05, 0) is 25.0 Å². The Morgan fingerprint density at radius 3 is 2.64 bits per heavy atom. The molecule has 1 saturated carbocycles. The molecule has 150 valence electrons. The minimum absolute atomic E-state index is 0.107. The average Bonchev–Trinajstić information content (AvgIpc) is 3.04. The molecule has 5 nitrogen and oxygen atoms in total. The molecule has 0 radical (unpaired) electrons. The number of hydrogen-bond donors (Lipinski definition) is 2. The molecule has 2 aromatic rings. The summed E-state index contributed by atoms with van der Waals surface area (Å²) in [6, 6.07) is 1.65. The molecule has 0 bridgehead atoms. The van der Waals surface area contributed by atoms with Gasteiger partial charge in [0.1, 0.15) is 17.5 Å². The number of halogens is 5. The van der Waals surface area contributed by atoms with Crippen LogP contribution in [-0.2, 0) is 0 Å². The van der Waals surface area contributed by atoms with Crippen molar-refractivity contribution in [3.63, 3.8) is 0 Å². The molecular weight excluding hydrogens is 383 g/mol. The third-order valence-electron chi connectivity index (χ3n) is 5.30. The molecule has 10 heteroatoms. The summed E-state index contributed by atoms with van der Waals surface area (Å²) in [6.07, 6.45) is -1.93. The highest BCUT2D eigenvalue weighted by atomic mass is 19.4. The Labute approximate surface area is 156 Å². The predicted molar refractivity (Wildman–Crippen MR) is 91.0 cm³/mol. The summed E-state index contributed by atoms with van der Waals surface area (Å²) in [7, 11) is 0. The third-order valence-corrected chi connectivity index (χ3v) is 5.30. The van der Waals surface area contributed by atoms with E-state index in [1.54, 1.807) is 0 Å². The summed E-state index contributed by atoms with van der Waals surface area (Å²) in [4.78, 5) is 12.4. The number of aromatic nitrogens is 2. The lowest BCUT2D eigenvalue weighted by atomic mass is 9.78. The second-order valence-corrected chi connectivity index (χ2v) is 7.12. The molecule has 2 heterocycles. The quantitative estimate of drug-likeness (QED) is 0.730. The number of carbonyl (C=O) groups excluding carboxylic acids is 1. The van der Waals surface area contributed by atoms with Gasteiger partial charge >= 0.3 is 6.18 Å². The molecule has 1 aliphatic carbocycles. The van der Waals surface area contributed by atoms with Crippen LogP contribution in [0, 0.1) is 17.6 Å². The lowest BCUT2D eigenvalue weighted by Crippen LogP contribution is -2.48. The highest BCUT2D eigenvalue weighted by Crippen LogP contribution is 2.47. The monoisotopic (exact) mass is 400 g/mol. The number of rotatable bonds is 2. The summed E-state index contributed by atoms with van der Waals surface area (Å²) >= 11 is 0. The van der Waals surface area contributed by atoms with Crippen LogP contribution in [0.1, 0.15) is 42.2 Å². The molecule has 1 fully saturated rings. The van der Waals surface area contributed by atoms with Crippen molar-refractivity contribution < 1.29 is 26.7 Å². The van der Waals surface area contributed by atoms with Gasteiger partial charge < -0.3 is 10.6 Å². The number of anilines is 2. The lowest BCUT2D eigenvalue weighted by molar-refractivity contribution is -0.189. The Kier molecular flexibility index (Phi) is 4.51. The zero-order valence-corrected chi connectivity index (χ0v) is 14.6. The summed E-state index contributed by atoms with van der Waals surface area (Å²) in [5.74, 6) is -3.23. The molecule has 1 aliphatic heterocycles. The second kappa shape index (κ2) is 6.75. The molecule has 2 aliphatic rings. The molecule has 1 aromatic carbocycles. The maximum absolute atomic E-state index is 13.8. The number of nitrogens with zero attached hydrogens (tertiary/aromatic N) is 2. The lowest BCUT2D eigenvalue weighted by Gasteiger charge is -2.43. The Morgan fingerprint density at radius 1 is 1.18 bits per heavy atom. The average molecular weight is 400 g/mol. The fourth-order valence-corrected chi connectivity index (χ4v) is 4.07. The van der Waals surface area contributed by atoms with Crippen LogP contribution in [0.2, 0.25) is 0 Å². The minimum Gasteiger partial charge on any atom is -0.367 e. The largest absolute Gasteiger partial charge is 0.411 e. The fourth-order valence-electron chi connectivity index (χ4n) is 4.07. The summed E-state index contributed by atoms with van der Waals surface area (Å²) in [5, 5.41) is 9.13. The first-order chi connectivity index (χ1) is 13.2. The second-order valence-electron chi connectivity index (χ2n) is 7.12. The number of amides is 1. The minimum atomic E-state index is -4.51. The molecule has 1 amide bonds. The normalized spacial score (nSPS) is 24.1. The molecule has 3 atom stereocenters. The molecule has 0 unspecified atom stereocenters. The van der Waals surface area contributed by atoms with Crippen molar-refractivity contribution in [1.29, 1.82) is 0 Å². The summed E-state index contributed by atoms with van der Waals surface area (Å²) < 4.78 is 68.8. The Bertz CT molecular complexity index is 910. The highest BCUT2D eigenvalue weighted by Gasteiger charge is 2.52. The van der Waals surface area contributed by atoms with E-state index in [2.05, 4.69) is 15.7 Å². The standard InChI is InChI=1S/C18H17F5N4O/c19-9-5-6-13(11(20)7-9)25-17(28)14-8-15-24-12-4-2-1-3-10(12)16(18(21,22)23)27(15)26-14/h5-8,10,12,16,24H,1-4H2,(H,25,28)/t10-,12+,16-/m1/s1. The van der Waals surface area contributed by atoms with Gasteiger partial charge in [0, 0.05) is 24.1 Å². The number of carbonyl (C=O) groups is 1. The van der Waals surface area contributed by atoms with Crippen LogP contribution in [-0.4, -0.2) is 27.9 Å². The zero-order valence-electron chi connectivity index (χ0n) is 14.6. The smallest absolute Gasteiger partial charge is 0.367 e. The van der Waals surface area contributed by atoms with Gasteiger partial charge in [0.15, 0.2) is 11.7 Å². The zero-order chi connectivity index (χ0) is 20.1. The van der Waals surface area contributed by atoms with E-state index in [-0.39, 0.29) is 23.2 Å². The summed E-state index contributed by atoms with van der Waals surface area (Å²) in [5.41, 5.74) is -0.564. The topological polar surface area (TPSA) is 59.0 Å². The van der Waals surface area contributed by atoms with E-state index in [4.69, 9.17) is 0 Å². The van der Waals surface area contributed by atoms with Crippen LogP contribution in [0.4, 0.5) is 33.5 Å². The first kappa shape index (κ1) is 18.7. The van der Waals surface area contributed by atoms with Gasteiger partial charge in [-0.1, -0.05) is 12.8 Å². The van der Waals surface area contributed by atoms with E-state index in [1.807, 2.05) is 0 Å². The van der Waals surface area contributed by atoms with Crippen LogP contribution in [0.15, 0.2) is 24.3 Å². The molecule has 1 aromatic heterocycles.